The Labute approximate surface area is 156 Å². The third-order valence-electron chi connectivity index (χ3n) is 3.66. The van der Waals surface area contributed by atoms with Crippen molar-refractivity contribution in [3.63, 3.8) is 0 Å². The highest BCUT2D eigenvalue weighted by molar-refractivity contribution is 7.98. The zero-order chi connectivity index (χ0) is 18.4. The largest absolute Gasteiger partial charge is 0.378 e. The molecule has 0 unspecified atom stereocenters. The van der Waals surface area contributed by atoms with Gasteiger partial charge in [0.2, 0.25) is 5.16 Å². The Morgan fingerprint density at radius 3 is 2.54 bits per heavy atom. The van der Waals surface area contributed by atoms with E-state index in [1.165, 1.54) is 22.0 Å². The molecule has 0 aliphatic carbocycles. The minimum absolute atomic E-state index is 0.390. The SMILES string of the molecule is CN(C)c1ccc(/C=N/Nc2nnc(SCc3ccccc3)n2N)cc1. The van der Waals surface area contributed by atoms with Crippen LogP contribution in [0.5, 0.6) is 0 Å². The molecule has 0 saturated heterocycles. The van der Waals surface area contributed by atoms with E-state index in [9.17, 15) is 0 Å². The fraction of sp³-hybridized carbons (Fsp3) is 0.167. The van der Waals surface area contributed by atoms with Gasteiger partial charge in [0.15, 0.2) is 0 Å². The Bertz CT molecular complexity index is 857. The third kappa shape index (κ3) is 4.54. The number of aromatic nitrogens is 3. The standard InChI is InChI=1S/C18H21N7S/c1-24(2)16-10-8-14(9-11-16)12-20-21-17-22-23-18(25(17)19)26-13-15-6-4-3-5-7-15/h3-12H,13,19H2,1-2H3,(H,21,22)/b20-12+. The molecule has 0 atom stereocenters. The second-order valence-electron chi connectivity index (χ2n) is 5.81. The normalized spacial score (nSPS) is 11.0. The first-order chi connectivity index (χ1) is 12.6. The molecule has 0 aliphatic heterocycles. The van der Waals surface area contributed by atoms with Crippen LogP contribution in [-0.4, -0.2) is 35.2 Å². The lowest BCUT2D eigenvalue weighted by atomic mass is 10.2. The van der Waals surface area contributed by atoms with E-state index >= 15 is 0 Å². The zero-order valence-corrected chi connectivity index (χ0v) is 15.5. The van der Waals surface area contributed by atoms with Crippen LogP contribution in [0.15, 0.2) is 64.9 Å². The van der Waals surface area contributed by atoms with Gasteiger partial charge in [0, 0.05) is 25.5 Å². The molecule has 1 aromatic heterocycles. The second-order valence-corrected chi connectivity index (χ2v) is 6.75. The van der Waals surface area contributed by atoms with E-state index in [4.69, 9.17) is 5.84 Å². The number of nitrogens with one attached hydrogen (secondary N) is 1. The first-order valence-electron chi connectivity index (χ1n) is 8.07. The monoisotopic (exact) mass is 367 g/mol. The number of thioether (sulfide) groups is 1. The molecule has 1 heterocycles. The van der Waals surface area contributed by atoms with Crippen molar-refractivity contribution >= 4 is 29.6 Å². The van der Waals surface area contributed by atoms with E-state index in [0.29, 0.717) is 11.1 Å². The fourth-order valence-electron chi connectivity index (χ4n) is 2.20. The van der Waals surface area contributed by atoms with Crippen LogP contribution in [0.2, 0.25) is 0 Å². The maximum Gasteiger partial charge on any atom is 0.264 e. The summed E-state index contributed by atoms with van der Waals surface area (Å²) in [6, 6.07) is 18.2. The molecule has 7 nitrogen and oxygen atoms in total. The van der Waals surface area contributed by atoms with E-state index in [0.717, 1.165) is 17.0 Å². The van der Waals surface area contributed by atoms with E-state index in [-0.39, 0.29) is 0 Å². The number of nitrogens with two attached hydrogens (primary N) is 1. The summed E-state index contributed by atoms with van der Waals surface area (Å²) in [4.78, 5) is 2.05. The van der Waals surface area contributed by atoms with Crippen molar-refractivity contribution in [3.05, 3.63) is 65.7 Å². The fourth-order valence-corrected chi connectivity index (χ4v) is 3.01. The highest BCUT2D eigenvalue weighted by Gasteiger charge is 2.09. The number of nitrogen functional groups attached to an aromatic ring is 1. The molecule has 0 amide bonds. The Balaban J connectivity index is 1.57. The number of hydrogen-bond donors (Lipinski definition) is 2. The van der Waals surface area contributed by atoms with E-state index in [1.807, 2.05) is 61.5 Å². The molecule has 0 fully saturated rings. The lowest BCUT2D eigenvalue weighted by Gasteiger charge is -2.11. The summed E-state index contributed by atoms with van der Waals surface area (Å²) in [5.41, 5.74) is 6.14. The van der Waals surface area contributed by atoms with Gasteiger partial charge in [0.1, 0.15) is 0 Å². The topological polar surface area (TPSA) is 84.4 Å². The van der Waals surface area contributed by atoms with Gasteiger partial charge in [-0.15, -0.1) is 10.2 Å². The highest BCUT2D eigenvalue weighted by Crippen LogP contribution is 2.21. The average molecular weight is 367 g/mol. The van der Waals surface area contributed by atoms with Crippen molar-refractivity contribution in [1.29, 1.82) is 0 Å². The van der Waals surface area contributed by atoms with Crippen LogP contribution in [0, 0.1) is 0 Å². The lowest BCUT2D eigenvalue weighted by Crippen LogP contribution is -2.13. The van der Waals surface area contributed by atoms with E-state index in [2.05, 4.69) is 32.9 Å². The van der Waals surface area contributed by atoms with Crippen molar-refractivity contribution in [2.75, 3.05) is 30.3 Å². The first kappa shape index (κ1) is 17.8. The molecule has 0 radical (unpaired) electrons. The Morgan fingerprint density at radius 1 is 1.12 bits per heavy atom. The molecule has 0 saturated carbocycles. The van der Waals surface area contributed by atoms with Crippen molar-refractivity contribution in [2.45, 2.75) is 10.9 Å². The predicted octanol–water partition coefficient (Wildman–Crippen LogP) is 2.80. The summed E-state index contributed by atoms with van der Waals surface area (Å²) < 4.78 is 1.40. The summed E-state index contributed by atoms with van der Waals surface area (Å²) in [5, 5.41) is 12.9. The molecule has 3 N–H and O–H groups in total. The number of rotatable bonds is 7. The van der Waals surface area contributed by atoms with Crippen LogP contribution >= 0.6 is 11.8 Å². The van der Waals surface area contributed by atoms with Gasteiger partial charge < -0.3 is 10.7 Å². The molecule has 134 valence electrons. The summed E-state index contributed by atoms with van der Waals surface area (Å²) in [6.45, 7) is 0. The maximum atomic E-state index is 6.03. The van der Waals surface area contributed by atoms with Crippen LogP contribution in [-0.2, 0) is 5.75 Å². The van der Waals surface area contributed by atoms with E-state index < -0.39 is 0 Å². The van der Waals surface area contributed by atoms with Crippen LogP contribution in [0.3, 0.4) is 0 Å². The molecule has 0 bridgehead atoms. The minimum atomic E-state index is 0.390. The summed E-state index contributed by atoms with van der Waals surface area (Å²) in [5.74, 6) is 7.19. The van der Waals surface area contributed by atoms with Gasteiger partial charge in [-0.05, 0) is 23.3 Å². The zero-order valence-electron chi connectivity index (χ0n) is 14.7. The second kappa shape index (κ2) is 8.39. The number of hydrazone groups is 1. The highest BCUT2D eigenvalue weighted by atomic mass is 32.2. The van der Waals surface area contributed by atoms with Crippen LogP contribution in [0.25, 0.3) is 0 Å². The molecule has 3 rings (SSSR count). The molecule has 26 heavy (non-hydrogen) atoms. The van der Waals surface area contributed by atoms with Crippen molar-refractivity contribution in [1.82, 2.24) is 14.9 Å². The average Bonchev–Trinajstić information content (AvgIpc) is 3.01. The van der Waals surface area contributed by atoms with Crippen LogP contribution in [0.4, 0.5) is 11.6 Å². The summed E-state index contributed by atoms with van der Waals surface area (Å²) in [7, 11) is 4.01. The van der Waals surface area contributed by atoms with Crippen molar-refractivity contribution < 1.29 is 0 Å². The Morgan fingerprint density at radius 2 is 1.85 bits per heavy atom. The van der Waals surface area contributed by atoms with Crippen LogP contribution < -0.4 is 16.2 Å². The molecule has 0 spiro atoms. The third-order valence-corrected chi connectivity index (χ3v) is 4.68. The maximum absolute atomic E-state index is 6.03. The van der Waals surface area contributed by atoms with Crippen LogP contribution in [0.1, 0.15) is 11.1 Å². The number of hydrogen-bond acceptors (Lipinski definition) is 7. The number of nitrogens with zero attached hydrogens (tertiary/aromatic N) is 5. The van der Waals surface area contributed by atoms with E-state index in [1.54, 1.807) is 6.21 Å². The smallest absolute Gasteiger partial charge is 0.264 e. The lowest BCUT2D eigenvalue weighted by molar-refractivity contribution is 0.847. The summed E-state index contributed by atoms with van der Waals surface area (Å²) in [6.07, 6.45) is 1.71. The molecule has 8 heteroatoms. The molecular weight excluding hydrogens is 346 g/mol. The van der Waals surface area contributed by atoms with Gasteiger partial charge in [0.25, 0.3) is 5.95 Å². The molecule has 2 aromatic carbocycles. The van der Waals surface area contributed by atoms with Gasteiger partial charge in [-0.1, -0.05) is 54.2 Å². The van der Waals surface area contributed by atoms with Gasteiger partial charge in [-0.2, -0.15) is 5.10 Å². The first-order valence-corrected chi connectivity index (χ1v) is 9.06. The molecule has 0 aliphatic rings. The Kier molecular flexibility index (Phi) is 5.75. The quantitative estimate of drug-likeness (QED) is 0.289. The predicted molar refractivity (Wildman–Crippen MR) is 108 cm³/mol. The van der Waals surface area contributed by atoms with Crippen molar-refractivity contribution in [2.24, 2.45) is 5.10 Å². The van der Waals surface area contributed by atoms with Gasteiger partial charge in [0.05, 0.1) is 6.21 Å². The molecule has 3 aromatic rings. The summed E-state index contributed by atoms with van der Waals surface area (Å²) >= 11 is 1.52. The molecular formula is C18H21N7S. The Hall–Kier alpha value is -3.00. The number of benzene rings is 2. The minimum Gasteiger partial charge on any atom is -0.378 e. The van der Waals surface area contributed by atoms with Gasteiger partial charge in [-0.3, -0.25) is 0 Å². The number of anilines is 2. The van der Waals surface area contributed by atoms with Gasteiger partial charge in [-0.25, -0.2) is 10.1 Å². The van der Waals surface area contributed by atoms with Gasteiger partial charge >= 0.3 is 0 Å². The van der Waals surface area contributed by atoms with Crippen molar-refractivity contribution in [3.8, 4) is 0 Å².